The van der Waals surface area contributed by atoms with E-state index in [9.17, 15) is 4.79 Å². The second kappa shape index (κ2) is 7.90. The number of para-hydroxylation sites is 2. The van der Waals surface area contributed by atoms with Gasteiger partial charge < -0.3 is 29.2 Å². The van der Waals surface area contributed by atoms with Gasteiger partial charge in [0, 0.05) is 17.6 Å². The van der Waals surface area contributed by atoms with Gasteiger partial charge in [-0.25, -0.2) is 0 Å². The van der Waals surface area contributed by atoms with E-state index in [1.54, 1.807) is 46.8 Å². The topological polar surface area (TPSA) is 81.8 Å². The molecule has 1 heterocycles. The molecule has 0 aliphatic rings. The lowest BCUT2D eigenvalue weighted by molar-refractivity contribution is -0.115. The molecular formula is C20H22N2O5. The maximum Gasteiger partial charge on any atom is 0.228 e. The molecule has 3 rings (SSSR count). The molecular weight excluding hydrogens is 348 g/mol. The molecule has 0 saturated carbocycles. The number of carbonyl (C=O) groups excluding carboxylic acids is 1. The summed E-state index contributed by atoms with van der Waals surface area (Å²) in [6.45, 7) is 0. The molecule has 7 heteroatoms. The quantitative estimate of drug-likeness (QED) is 0.666. The van der Waals surface area contributed by atoms with E-state index in [1.807, 2.05) is 18.2 Å². The van der Waals surface area contributed by atoms with Crippen molar-refractivity contribution in [3.63, 3.8) is 0 Å². The minimum atomic E-state index is -0.169. The zero-order valence-corrected chi connectivity index (χ0v) is 15.7. The fourth-order valence-electron chi connectivity index (χ4n) is 3.08. The van der Waals surface area contributed by atoms with Crippen molar-refractivity contribution < 1.29 is 23.7 Å². The van der Waals surface area contributed by atoms with Crippen LogP contribution in [0.25, 0.3) is 10.9 Å². The molecule has 0 radical (unpaired) electrons. The van der Waals surface area contributed by atoms with Gasteiger partial charge in [0.1, 0.15) is 5.75 Å². The summed E-state index contributed by atoms with van der Waals surface area (Å²) >= 11 is 0. The Balaban J connectivity index is 1.94. The van der Waals surface area contributed by atoms with Gasteiger partial charge in [0.15, 0.2) is 11.5 Å². The smallest absolute Gasteiger partial charge is 0.228 e. The molecule has 0 aliphatic carbocycles. The number of benzene rings is 2. The number of ether oxygens (including phenoxy) is 4. The Morgan fingerprint density at radius 1 is 0.963 bits per heavy atom. The SMILES string of the molecule is COc1ccccc1NC(=O)Cc1c[nH]c2cc(OC)c(OC)c(OC)c12. The van der Waals surface area contributed by atoms with Crippen LogP contribution in [0.5, 0.6) is 23.0 Å². The van der Waals surface area contributed by atoms with E-state index in [1.165, 1.54) is 0 Å². The first-order chi connectivity index (χ1) is 13.1. The summed E-state index contributed by atoms with van der Waals surface area (Å²) in [6.07, 6.45) is 1.94. The fraction of sp³-hybridized carbons (Fsp3) is 0.250. The van der Waals surface area contributed by atoms with Crippen molar-refractivity contribution in [2.24, 2.45) is 0 Å². The van der Waals surface area contributed by atoms with Crippen LogP contribution in [0.15, 0.2) is 36.5 Å². The molecule has 0 fully saturated rings. The standard InChI is InChI=1S/C20H22N2O5/c1-24-15-8-6-5-7-13(15)22-17(23)9-12-11-21-14-10-16(25-2)19(26-3)20(27-4)18(12)14/h5-8,10-11,21H,9H2,1-4H3,(H,22,23). The van der Waals surface area contributed by atoms with Gasteiger partial charge in [-0.3, -0.25) is 4.79 Å². The van der Waals surface area contributed by atoms with Crippen LogP contribution in [-0.2, 0) is 11.2 Å². The average Bonchev–Trinajstić information content (AvgIpc) is 3.08. The van der Waals surface area contributed by atoms with Gasteiger partial charge in [-0.15, -0.1) is 0 Å². The van der Waals surface area contributed by atoms with Crippen LogP contribution in [0.3, 0.4) is 0 Å². The maximum absolute atomic E-state index is 12.6. The molecule has 0 spiro atoms. The van der Waals surface area contributed by atoms with Crippen LogP contribution in [-0.4, -0.2) is 39.3 Å². The predicted octanol–water partition coefficient (Wildman–Crippen LogP) is 3.38. The fourth-order valence-corrected chi connectivity index (χ4v) is 3.08. The van der Waals surface area contributed by atoms with Crippen LogP contribution in [0.2, 0.25) is 0 Å². The van der Waals surface area contributed by atoms with Crippen molar-refractivity contribution in [2.45, 2.75) is 6.42 Å². The molecule has 27 heavy (non-hydrogen) atoms. The number of amides is 1. The van der Waals surface area contributed by atoms with E-state index < -0.39 is 0 Å². The highest BCUT2D eigenvalue weighted by atomic mass is 16.5. The van der Waals surface area contributed by atoms with Crippen molar-refractivity contribution in [3.8, 4) is 23.0 Å². The molecule has 142 valence electrons. The van der Waals surface area contributed by atoms with Gasteiger partial charge in [0.25, 0.3) is 0 Å². The second-order valence-corrected chi connectivity index (χ2v) is 5.81. The Bertz CT molecular complexity index is 964. The van der Waals surface area contributed by atoms with E-state index in [4.69, 9.17) is 18.9 Å². The Labute approximate surface area is 157 Å². The van der Waals surface area contributed by atoms with E-state index >= 15 is 0 Å². The zero-order valence-electron chi connectivity index (χ0n) is 15.7. The van der Waals surface area contributed by atoms with Crippen LogP contribution in [0, 0.1) is 0 Å². The summed E-state index contributed by atoms with van der Waals surface area (Å²) < 4.78 is 21.6. The summed E-state index contributed by atoms with van der Waals surface area (Å²) in [7, 11) is 6.23. The van der Waals surface area contributed by atoms with Crippen LogP contribution in [0.4, 0.5) is 5.69 Å². The first kappa shape index (κ1) is 18.4. The van der Waals surface area contributed by atoms with Crippen molar-refractivity contribution in [1.82, 2.24) is 4.98 Å². The van der Waals surface area contributed by atoms with E-state index in [0.29, 0.717) is 28.7 Å². The Hall–Kier alpha value is -3.35. The lowest BCUT2D eigenvalue weighted by Crippen LogP contribution is -2.15. The summed E-state index contributed by atoms with van der Waals surface area (Å²) in [5.74, 6) is 1.99. The molecule has 7 nitrogen and oxygen atoms in total. The lowest BCUT2D eigenvalue weighted by Gasteiger charge is -2.14. The summed E-state index contributed by atoms with van der Waals surface area (Å²) in [5.41, 5.74) is 2.20. The second-order valence-electron chi connectivity index (χ2n) is 5.81. The molecule has 1 aromatic heterocycles. The number of hydrogen-bond donors (Lipinski definition) is 2. The van der Waals surface area contributed by atoms with Crippen molar-refractivity contribution in [2.75, 3.05) is 33.8 Å². The van der Waals surface area contributed by atoms with Crippen molar-refractivity contribution >= 4 is 22.5 Å². The Morgan fingerprint density at radius 3 is 2.33 bits per heavy atom. The highest BCUT2D eigenvalue weighted by molar-refractivity contribution is 6.00. The van der Waals surface area contributed by atoms with E-state index in [0.717, 1.165) is 16.5 Å². The maximum atomic E-state index is 12.6. The molecule has 3 aromatic rings. The molecule has 0 saturated heterocycles. The number of hydrogen-bond acceptors (Lipinski definition) is 5. The molecule has 0 unspecified atom stereocenters. The van der Waals surface area contributed by atoms with Gasteiger partial charge in [-0.05, 0) is 17.7 Å². The van der Waals surface area contributed by atoms with Crippen molar-refractivity contribution in [1.29, 1.82) is 0 Å². The number of nitrogens with one attached hydrogen (secondary N) is 2. The van der Waals surface area contributed by atoms with Gasteiger partial charge in [0.2, 0.25) is 11.7 Å². The number of fused-ring (bicyclic) bond motifs is 1. The lowest BCUT2D eigenvalue weighted by atomic mass is 10.1. The third-order valence-corrected chi connectivity index (χ3v) is 4.29. The Morgan fingerprint density at radius 2 is 1.67 bits per heavy atom. The molecule has 2 aromatic carbocycles. The highest BCUT2D eigenvalue weighted by Gasteiger charge is 2.21. The predicted molar refractivity (Wildman–Crippen MR) is 103 cm³/mol. The third-order valence-electron chi connectivity index (χ3n) is 4.29. The number of methoxy groups -OCH3 is 4. The summed E-state index contributed by atoms with van der Waals surface area (Å²) in [6, 6.07) is 9.09. The van der Waals surface area contributed by atoms with Crippen LogP contribution >= 0.6 is 0 Å². The summed E-state index contributed by atoms with van der Waals surface area (Å²) in [5, 5.41) is 3.66. The number of aromatic nitrogens is 1. The largest absolute Gasteiger partial charge is 0.495 e. The molecule has 2 N–H and O–H groups in total. The number of rotatable bonds is 7. The summed E-state index contributed by atoms with van der Waals surface area (Å²) in [4.78, 5) is 15.8. The normalized spacial score (nSPS) is 10.5. The molecule has 1 amide bonds. The zero-order chi connectivity index (χ0) is 19.4. The van der Waals surface area contributed by atoms with Crippen molar-refractivity contribution in [3.05, 3.63) is 42.1 Å². The van der Waals surface area contributed by atoms with E-state index in [-0.39, 0.29) is 12.3 Å². The monoisotopic (exact) mass is 370 g/mol. The van der Waals surface area contributed by atoms with Gasteiger partial charge in [0.05, 0.1) is 46.1 Å². The number of H-pyrrole nitrogens is 1. The highest BCUT2D eigenvalue weighted by Crippen LogP contribution is 2.44. The third kappa shape index (κ3) is 3.48. The first-order valence-electron chi connectivity index (χ1n) is 8.34. The minimum Gasteiger partial charge on any atom is -0.495 e. The molecule has 0 bridgehead atoms. The average molecular weight is 370 g/mol. The van der Waals surface area contributed by atoms with Crippen LogP contribution in [0.1, 0.15) is 5.56 Å². The minimum absolute atomic E-state index is 0.157. The first-order valence-corrected chi connectivity index (χ1v) is 8.34. The Kier molecular flexibility index (Phi) is 5.40. The molecule has 0 atom stereocenters. The molecule has 0 aliphatic heterocycles. The van der Waals surface area contributed by atoms with Gasteiger partial charge in [-0.2, -0.15) is 0 Å². The van der Waals surface area contributed by atoms with Crippen LogP contribution < -0.4 is 24.3 Å². The van der Waals surface area contributed by atoms with Gasteiger partial charge >= 0.3 is 0 Å². The number of anilines is 1. The number of carbonyl (C=O) groups is 1. The van der Waals surface area contributed by atoms with E-state index in [2.05, 4.69) is 10.3 Å². The number of aromatic amines is 1. The van der Waals surface area contributed by atoms with Gasteiger partial charge in [-0.1, -0.05) is 12.1 Å².